The van der Waals surface area contributed by atoms with Gasteiger partial charge >= 0.3 is 12.1 Å². The van der Waals surface area contributed by atoms with Crippen LogP contribution in [-0.4, -0.2) is 42.3 Å². The van der Waals surface area contributed by atoms with Crippen LogP contribution >= 0.6 is 11.5 Å². The lowest BCUT2D eigenvalue weighted by Crippen LogP contribution is -2.21. The Hall–Kier alpha value is -3.28. The number of anilines is 1. The summed E-state index contributed by atoms with van der Waals surface area (Å²) >= 11 is 1.15. The van der Waals surface area contributed by atoms with Crippen LogP contribution in [-0.2, 0) is 4.79 Å². The molecule has 0 radical (unpaired) electrons. The number of halogens is 3. The molecule has 2 heterocycles. The summed E-state index contributed by atoms with van der Waals surface area (Å²) < 4.78 is 37.4. The lowest BCUT2D eigenvalue weighted by Gasteiger charge is -2.07. The molecule has 0 aliphatic heterocycles. The Labute approximate surface area is 160 Å². The van der Waals surface area contributed by atoms with Crippen LogP contribution in [0.2, 0.25) is 0 Å². The van der Waals surface area contributed by atoms with Crippen molar-refractivity contribution < 1.29 is 27.9 Å². The van der Waals surface area contributed by atoms with Crippen molar-refractivity contribution in [3.8, 4) is 5.69 Å². The first-order valence-corrected chi connectivity index (χ1v) is 8.42. The Kier molecular flexibility index (Phi) is 6.46. The number of aromatic nitrogens is 4. The van der Waals surface area contributed by atoms with Gasteiger partial charge in [-0.3, -0.25) is 4.79 Å². The third-order valence-electron chi connectivity index (χ3n) is 3.49. The summed E-state index contributed by atoms with van der Waals surface area (Å²) in [4.78, 5) is 25.0. The zero-order valence-corrected chi connectivity index (χ0v) is 15.4. The molecule has 148 valence electrons. The number of alkyl halides is 3. The fourth-order valence-corrected chi connectivity index (χ4v) is 2.36. The number of rotatable bonds is 3. The third-order valence-corrected chi connectivity index (χ3v) is 3.99. The van der Waals surface area contributed by atoms with Gasteiger partial charge in [-0.2, -0.15) is 13.2 Å². The van der Waals surface area contributed by atoms with E-state index in [-0.39, 0.29) is 5.91 Å². The summed E-state index contributed by atoms with van der Waals surface area (Å²) in [5.74, 6) is -3.02. The third kappa shape index (κ3) is 5.36. The lowest BCUT2D eigenvalue weighted by molar-refractivity contribution is -0.192. The molecule has 8 nitrogen and oxygen atoms in total. The Morgan fingerprint density at radius 2 is 1.79 bits per heavy atom. The quantitative estimate of drug-likeness (QED) is 0.682. The molecule has 0 fully saturated rings. The Bertz CT molecular complexity index is 953. The van der Waals surface area contributed by atoms with Gasteiger partial charge in [0.15, 0.2) is 5.69 Å². The van der Waals surface area contributed by atoms with Crippen molar-refractivity contribution in [2.45, 2.75) is 20.0 Å². The first-order valence-electron chi connectivity index (χ1n) is 7.59. The van der Waals surface area contributed by atoms with Crippen molar-refractivity contribution in [1.82, 2.24) is 19.1 Å². The molecule has 3 rings (SSSR count). The zero-order chi connectivity index (χ0) is 20.9. The highest BCUT2D eigenvalue weighted by Crippen LogP contribution is 2.17. The fraction of sp³-hybridized carbons (Fsp3) is 0.188. The van der Waals surface area contributed by atoms with E-state index in [1.807, 2.05) is 42.7 Å². The van der Waals surface area contributed by atoms with Crippen LogP contribution in [0.3, 0.4) is 0 Å². The normalized spacial score (nSPS) is 10.8. The largest absolute Gasteiger partial charge is 0.490 e. The number of amides is 1. The minimum atomic E-state index is -5.08. The van der Waals surface area contributed by atoms with Crippen LogP contribution < -0.4 is 5.32 Å². The van der Waals surface area contributed by atoms with Gasteiger partial charge < -0.3 is 15.0 Å². The van der Waals surface area contributed by atoms with E-state index in [2.05, 4.69) is 19.9 Å². The predicted molar refractivity (Wildman–Crippen MR) is 94.6 cm³/mol. The maximum atomic E-state index is 11.9. The highest BCUT2D eigenvalue weighted by molar-refractivity contribution is 7.03. The summed E-state index contributed by atoms with van der Waals surface area (Å²) in [5.41, 5.74) is 4.14. The number of hydrogen-bond donors (Lipinski definition) is 2. The van der Waals surface area contributed by atoms with Gasteiger partial charge in [0.05, 0.1) is 12.0 Å². The maximum Gasteiger partial charge on any atom is 0.490 e. The van der Waals surface area contributed by atoms with Gasteiger partial charge in [0.25, 0.3) is 5.91 Å². The minimum absolute atomic E-state index is 0.258. The number of aliphatic carboxylic acids is 1. The number of carboxylic acid groups (broad SMARTS) is 1. The first-order chi connectivity index (χ1) is 13.1. The molecule has 0 bridgehead atoms. The molecule has 0 aliphatic rings. The zero-order valence-electron chi connectivity index (χ0n) is 14.6. The van der Waals surface area contributed by atoms with Gasteiger partial charge in [0.2, 0.25) is 0 Å². The number of carbonyl (C=O) groups excluding carboxylic acids is 1. The van der Waals surface area contributed by atoms with Crippen LogP contribution in [0.5, 0.6) is 0 Å². The van der Waals surface area contributed by atoms with Crippen molar-refractivity contribution in [2.75, 3.05) is 5.32 Å². The van der Waals surface area contributed by atoms with Crippen molar-refractivity contribution in [1.29, 1.82) is 0 Å². The van der Waals surface area contributed by atoms with Crippen LogP contribution in [0.25, 0.3) is 5.69 Å². The van der Waals surface area contributed by atoms with Gasteiger partial charge in [-0.05, 0) is 49.6 Å². The van der Waals surface area contributed by atoms with E-state index in [9.17, 15) is 18.0 Å². The molecular formula is C16H14F3N5O3S. The van der Waals surface area contributed by atoms with E-state index in [1.165, 1.54) is 0 Å². The van der Waals surface area contributed by atoms with Gasteiger partial charge in [-0.25, -0.2) is 9.78 Å². The van der Waals surface area contributed by atoms with Crippen LogP contribution in [0.4, 0.5) is 18.9 Å². The van der Waals surface area contributed by atoms with E-state index in [4.69, 9.17) is 9.90 Å². The number of nitrogens with one attached hydrogen (secondary N) is 1. The molecule has 0 atom stereocenters. The molecule has 0 aliphatic carbocycles. The summed E-state index contributed by atoms with van der Waals surface area (Å²) in [7, 11) is 0. The minimum Gasteiger partial charge on any atom is -0.475 e. The number of benzene rings is 1. The number of hydrogen-bond acceptors (Lipinski definition) is 6. The molecule has 1 amide bonds. The average Bonchev–Trinajstić information content (AvgIpc) is 3.27. The molecule has 3 aromatic rings. The van der Waals surface area contributed by atoms with Crippen molar-refractivity contribution in [3.05, 3.63) is 53.1 Å². The highest BCUT2D eigenvalue weighted by atomic mass is 32.1. The summed E-state index contributed by atoms with van der Waals surface area (Å²) in [6.07, 6.45) is -3.29. The van der Waals surface area contributed by atoms with E-state index in [1.54, 1.807) is 11.7 Å². The van der Waals surface area contributed by atoms with E-state index >= 15 is 0 Å². The molecule has 2 N–H and O–H groups in total. The molecule has 12 heteroatoms. The molecule has 0 unspecified atom stereocenters. The number of carboxylic acids is 1. The Balaban J connectivity index is 0.000000345. The monoisotopic (exact) mass is 413 g/mol. The number of carbonyl (C=O) groups is 2. The second kappa shape index (κ2) is 8.61. The molecular weight excluding hydrogens is 399 g/mol. The second-order valence-electron chi connectivity index (χ2n) is 5.38. The first kappa shape index (κ1) is 21.0. The number of aryl methyl sites for hydroxylation is 1. The van der Waals surface area contributed by atoms with E-state index in [0.717, 1.165) is 28.6 Å². The standard InChI is InChI=1S/C14H13N5OS.C2HF3O2/c1-9-10(2)19(8-15-9)12-5-3-11(4-6-12)16-14(20)13-7-21-18-17-13;3-2(4,5)1(6)7/h3-8H,1-2H3,(H,16,20);(H,6,7). The topological polar surface area (TPSA) is 110 Å². The molecule has 0 saturated carbocycles. The van der Waals surface area contributed by atoms with Gasteiger partial charge in [-0.1, -0.05) is 4.49 Å². The highest BCUT2D eigenvalue weighted by Gasteiger charge is 2.38. The molecule has 2 aromatic heterocycles. The average molecular weight is 413 g/mol. The predicted octanol–water partition coefficient (Wildman–Crippen LogP) is 3.23. The molecule has 28 heavy (non-hydrogen) atoms. The number of imidazole rings is 1. The molecule has 0 saturated heterocycles. The second-order valence-corrected chi connectivity index (χ2v) is 5.99. The van der Waals surface area contributed by atoms with Gasteiger partial charge in [-0.15, -0.1) is 5.10 Å². The Morgan fingerprint density at radius 3 is 2.21 bits per heavy atom. The van der Waals surface area contributed by atoms with Gasteiger partial charge in [0.1, 0.15) is 0 Å². The van der Waals surface area contributed by atoms with Crippen molar-refractivity contribution >= 4 is 29.1 Å². The van der Waals surface area contributed by atoms with E-state index < -0.39 is 12.1 Å². The SMILES string of the molecule is Cc1ncn(-c2ccc(NC(=O)c3csnn3)cc2)c1C.O=C(O)C(F)(F)F. The van der Waals surface area contributed by atoms with Crippen molar-refractivity contribution in [3.63, 3.8) is 0 Å². The smallest absolute Gasteiger partial charge is 0.475 e. The van der Waals surface area contributed by atoms with Gasteiger partial charge in [0, 0.05) is 22.4 Å². The Morgan fingerprint density at radius 1 is 1.18 bits per heavy atom. The summed E-state index contributed by atoms with van der Waals surface area (Å²) in [5, 5.41) is 15.3. The lowest BCUT2D eigenvalue weighted by atomic mass is 10.2. The van der Waals surface area contributed by atoms with E-state index in [0.29, 0.717) is 11.4 Å². The van der Waals surface area contributed by atoms with Crippen LogP contribution in [0.15, 0.2) is 36.0 Å². The van der Waals surface area contributed by atoms with Crippen LogP contribution in [0.1, 0.15) is 21.9 Å². The number of nitrogens with zero attached hydrogens (tertiary/aromatic N) is 4. The van der Waals surface area contributed by atoms with Crippen LogP contribution in [0, 0.1) is 13.8 Å². The summed E-state index contributed by atoms with van der Waals surface area (Å²) in [6.45, 7) is 4.00. The maximum absolute atomic E-state index is 11.9. The molecule has 1 aromatic carbocycles. The fourth-order valence-electron chi connectivity index (χ4n) is 1.92. The van der Waals surface area contributed by atoms with Crippen molar-refractivity contribution in [2.24, 2.45) is 0 Å². The summed E-state index contributed by atoms with van der Waals surface area (Å²) in [6, 6.07) is 7.57. The molecule has 0 spiro atoms.